The quantitative estimate of drug-likeness (QED) is 0.865. The van der Waals surface area contributed by atoms with Crippen molar-refractivity contribution in [2.24, 2.45) is 0 Å². The molecular formula is C18H18FNO3S. The van der Waals surface area contributed by atoms with E-state index in [9.17, 15) is 9.18 Å². The average molecular weight is 347 g/mol. The Kier molecular flexibility index (Phi) is 5.40. The molecule has 0 radical (unpaired) electrons. The van der Waals surface area contributed by atoms with E-state index < -0.39 is 0 Å². The van der Waals surface area contributed by atoms with Gasteiger partial charge in [0.1, 0.15) is 11.9 Å². The normalized spacial score (nSPS) is 18.2. The van der Waals surface area contributed by atoms with Crippen LogP contribution >= 0.6 is 11.3 Å². The Morgan fingerprint density at radius 2 is 2.21 bits per heavy atom. The molecule has 6 heteroatoms. The maximum atomic E-state index is 13.0. The van der Waals surface area contributed by atoms with E-state index in [-0.39, 0.29) is 24.4 Å². The molecule has 1 saturated heterocycles. The van der Waals surface area contributed by atoms with E-state index in [2.05, 4.69) is 0 Å². The number of hydrogen-bond donors (Lipinski definition) is 1. The zero-order valence-electron chi connectivity index (χ0n) is 13.0. The van der Waals surface area contributed by atoms with Crippen LogP contribution in [0.2, 0.25) is 0 Å². The number of aliphatic hydroxyl groups is 1. The second-order valence-electron chi connectivity index (χ2n) is 5.54. The molecule has 1 N–H and O–H groups in total. The third-order valence-corrected chi connectivity index (χ3v) is 4.81. The number of hydrogen-bond acceptors (Lipinski definition) is 4. The van der Waals surface area contributed by atoms with E-state index in [0.29, 0.717) is 19.7 Å². The second kappa shape index (κ2) is 7.70. The van der Waals surface area contributed by atoms with Crippen LogP contribution in [0.15, 0.2) is 41.8 Å². The third-order valence-electron chi connectivity index (χ3n) is 3.87. The first-order valence-corrected chi connectivity index (χ1v) is 8.56. The number of amides is 1. The van der Waals surface area contributed by atoms with Gasteiger partial charge in [-0.2, -0.15) is 0 Å². The van der Waals surface area contributed by atoms with Crippen molar-refractivity contribution in [3.05, 3.63) is 63.6 Å². The summed E-state index contributed by atoms with van der Waals surface area (Å²) < 4.78 is 18.7. The monoisotopic (exact) mass is 347 g/mol. The number of carbonyl (C=O) groups excluding carboxylic acids is 1. The first-order chi connectivity index (χ1) is 11.7. The fourth-order valence-corrected chi connectivity index (χ4v) is 3.35. The number of halogens is 1. The van der Waals surface area contributed by atoms with Gasteiger partial charge in [0.2, 0.25) is 5.91 Å². The van der Waals surface area contributed by atoms with Gasteiger partial charge >= 0.3 is 0 Å². The van der Waals surface area contributed by atoms with Gasteiger partial charge in [0.25, 0.3) is 0 Å². The summed E-state index contributed by atoms with van der Waals surface area (Å²) in [4.78, 5) is 15.0. The lowest BCUT2D eigenvalue weighted by molar-refractivity contribution is -0.133. The lowest BCUT2D eigenvalue weighted by Crippen LogP contribution is -2.41. The van der Waals surface area contributed by atoms with Crippen molar-refractivity contribution in [3.8, 4) is 0 Å². The summed E-state index contributed by atoms with van der Waals surface area (Å²) >= 11 is 1.48. The van der Waals surface area contributed by atoms with Crippen LogP contribution in [0.25, 0.3) is 6.08 Å². The summed E-state index contributed by atoms with van der Waals surface area (Å²) in [5.74, 6) is -0.368. The standard InChI is InChI=1S/C18H18FNO3S/c19-15-3-1-14(2-4-15)17-10-20(7-8-23-17)18(22)6-5-16-9-13(11-21)12-24-16/h1-6,9,12,17,21H,7-8,10-11H2/b6-5+. The van der Waals surface area contributed by atoms with Crippen LogP contribution in [0.3, 0.4) is 0 Å². The van der Waals surface area contributed by atoms with Crippen molar-refractivity contribution in [1.82, 2.24) is 4.90 Å². The van der Waals surface area contributed by atoms with Gasteiger partial charge in [-0.05, 0) is 40.8 Å². The maximum Gasteiger partial charge on any atom is 0.246 e. The summed E-state index contributed by atoms with van der Waals surface area (Å²) in [6.07, 6.45) is 3.06. The molecule has 0 spiro atoms. The summed E-state index contributed by atoms with van der Waals surface area (Å²) in [5, 5.41) is 10.9. The summed E-state index contributed by atoms with van der Waals surface area (Å²) in [7, 11) is 0. The van der Waals surface area contributed by atoms with Crippen LogP contribution in [0.5, 0.6) is 0 Å². The minimum Gasteiger partial charge on any atom is -0.392 e. The predicted octanol–water partition coefficient (Wildman–Crippen LogP) is 2.99. The number of nitrogens with zero attached hydrogens (tertiary/aromatic N) is 1. The van der Waals surface area contributed by atoms with Crippen LogP contribution in [-0.2, 0) is 16.1 Å². The third kappa shape index (κ3) is 4.08. The predicted molar refractivity (Wildman–Crippen MR) is 90.9 cm³/mol. The largest absolute Gasteiger partial charge is 0.392 e. The molecule has 1 aliphatic rings. The Labute approximate surface area is 143 Å². The first-order valence-electron chi connectivity index (χ1n) is 7.68. The minimum atomic E-state index is -0.288. The molecule has 126 valence electrons. The number of ether oxygens (including phenoxy) is 1. The molecule has 3 rings (SSSR count). The topological polar surface area (TPSA) is 49.8 Å². The zero-order chi connectivity index (χ0) is 16.9. The average Bonchev–Trinajstić information content (AvgIpc) is 3.08. The molecule has 1 aliphatic heterocycles. The Hall–Kier alpha value is -2.02. The molecule has 2 aromatic rings. The fourth-order valence-electron chi connectivity index (χ4n) is 2.55. The van der Waals surface area contributed by atoms with Crippen LogP contribution in [0.4, 0.5) is 4.39 Å². The Morgan fingerprint density at radius 3 is 2.92 bits per heavy atom. The fraction of sp³-hybridized carbons (Fsp3) is 0.278. The van der Waals surface area contributed by atoms with Crippen LogP contribution in [0, 0.1) is 5.82 Å². The van der Waals surface area contributed by atoms with E-state index in [1.165, 1.54) is 23.5 Å². The van der Waals surface area contributed by atoms with Crippen molar-refractivity contribution in [3.63, 3.8) is 0 Å². The van der Waals surface area contributed by atoms with Crippen LogP contribution < -0.4 is 0 Å². The summed E-state index contributed by atoms with van der Waals surface area (Å²) in [6, 6.07) is 8.02. The Morgan fingerprint density at radius 1 is 1.42 bits per heavy atom. The molecule has 1 amide bonds. The van der Waals surface area contributed by atoms with E-state index in [0.717, 1.165) is 16.0 Å². The van der Waals surface area contributed by atoms with E-state index in [1.807, 2.05) is 11.4 Å². The molecule has 1 aromatic heterocycles. The van der Waals surface area contributed by atoms with Gasteiger partial charge in [-0.25, -0.2) is 4.39 Å². The van der Waals surface area contributed by atoms with Gasteiger partial charge in [-0.1, -0.05) is 12.1 Å². The molecule has 4 nitrogen and oxygen atoms in total. The zero-order valence-corrected chi connectivity index (χ0v) is 13.8. The molecular weight excluding hydrogens is 329 g/mol. The molecule has 0 saturated carbocycles. The van der Waals surface area contributed by atoms with Crippen molar-refractivity contribution >= 4 is 23.3 Å². The first kappa shape index (κ1) is 16.8. The van der Waals surface area contributed by atoms with Gasteiger partial charge in [0.05, 0.1) is 19.8 Å². The van der Waals surface area contributed by atoms with Gasteiger partial charge in [0, 0.05) is 17.5 Å². The minimum absolute atomic E-state index is 0.00109. The van der Waals surface area contributed by atoms with Gasteiger partial charge < -0.3 is 14.7 Å². The number of carbonyl (C=O) groups is 1. The lowest BCUT2D eigenvalue weighted by Gasteiger charge is -2.32. The van der Waals surface area contributed by atoms with Gasteiger partial charge in [0.15, 0.2) is 0 Å². The van der Waals surface area contributed by atoms with E-state index in [4.69, 9.17) is 9.84 Å². The lowest BCUT2D eigenvalue weighted by atomic mass is 10.1. The highest BCUT2D eigenvalue weighted by Crippen LogP contribution is 2.23. The Balaban J connectivity index is 1.63. The van der Waals surface area contributed by atoms with E-state index in [1.54, 1.807) is 29.2 Å². The molecule has 1 fully saturated rings. The summed E-state index contributed by atoms with van der Waals surface area (Å²) in [6.45, 7) is 1.44. The highest BCUT2D eigenvalue weighted by atomic mass is 32.1. The number of aliphatic hydroxyl groups excluding tert-OH is 1. The molecule has 1 aromatic carbocycles. The number of morpholine rings is 1. The second-order valence-corrected chi connectivity index (χ2v) is 6.49. The Bertz CT molecular complexity index is 726. The molecule has 1 atom stereocenters. The van der Waals surface area contributed by atoms with E-state index >= 15 is 0 Å². The number of thiophene rings is 1. The van der Waals surface area contributed by atoms with Gasteiger partial charge in [-0.15, -0.1) is 11.3 Å². The number of benzene rings is 1. The van der Waals surface area contributed by atoms with Crippen LogP contribution in [0.1, 0.15) is 22.1 Å². The molecule has 0 aliphatic carbocycles. The van der Waals surface area contributed by atoms with Gasteiger partial charge in [-0.3, -0.25) is 4.79 Å². The van der Waals surface area contributed by atoms with Crippen LogP contribution in [-0.4, -0.2) is 35.6 Å². The highest BCUT2D eigenvalue weighted by molar-refractivity contribution is 7.11. The SMILES string of the molecule is O=C(/C=C/c1cc(CO)cs1)N1CCOC(c2ccc(F)cc2)C1. The van der Waals surface area contributed by atoms with Crippen molar-refractivity contribution in [2.45, 2.75) is 12.7 Å². The molecule has 0 bridgehead atoms. The van der Waals surface area contributed by atoms with Crippen molar-refractivity contribution < 1.29 is 19.0 Å². The molecule has 1 unspecified atom stereocenters. The smallest absolute Gasteiger partial charge is 0.246 e. The molecule has 2 heterocycles. The molecule has 24 heavy (non-hydrogen) atoms. The van der Waals surface area contributed by atoms with Crippen molar-refractivity contribution in [2.75, 3.05) is 19.7 Å². The maximum absolute atomic E-state index is 13.0. The van der Waals surface area contributed by atoms with Crippen molar-refractivity contribution in [1.29, 1.82) is 0 Å². The summed E-state index contributed by atoms with van der Waals surface area (Å²) in [5.41, 5.74) is 1.71. The highest BCUT2D eigenvalue weighted by Gasteiger charge is 2.24. The number of rotatable bonds is 4.